The summed E-state index contributed by atoms with van der Waals surface area (Å²) in [5, 5.41) is 12.2. The molecular weight excluding hydrogens is 276 g/mol. The summed E-state index contributed by atoms with van der Waals surface area (Å²) in [7, 11) is 0. The number of amides is 1. The fourth-order valence-corrected chi connectivity index (χ4v) is 2.58. The zero-order chi connectivity index (χ0) is 15.2. The highest BCUT2D eigenvalue weighted by Crippen LogP contribution is 2.23. The number of halogens is 2. The average Bonchev–Trinajstić information content (AvgIpc) is 2.45. The van der Waals surface area contributed by atoms with Gasteiger partial charge in [0.2, 0.25) is 5.91 Å². The summed E-state index contributed by atoms with van der Waals surface area (Å²) in [6, 6.07) is 3.56. The lowest BCUT2D eigenvalue weighted by atomic mass is 9.87. The van der Waals surface area contributed by atoms with Crippen molar-refractivity contribution in [3.8, 4) is 0 Å². The van der Waals surface area contributed by atoms with Crippen LogP contribution in [-0.2, 0) is 4.79 Å². The third-order valence-corrected chi connectivity index (χ3v) is 3.72. The van der Waals surface area contributed by atoms with Crippen molar-refractivity contribution < 1.29 is 18.7 Å². The predicted molar refractivity (Wildman–Crippen MR) is 76.4 cm³/mol. The first-order chi connectivity index (χ1) is 10.1. The molecule has 0 spiro atoms. The number of carbonyl (C=O) groups is 1. The molecule has 2 atom stereocenters. The molecule has 2 N–H and O–H groups in total. The van der Waals surface area contributed by atoms with Gasteiger partial charge in [-0.25, -0.2) is 8.78 Å². The number of rotatable bonds is 4. The first-order valence-electron chi connectivity index (χ1n) is 7.14. The van der Waals surface area contributed by atoms with Crippen molar-refractivity contribution in [1.29, 1.82) is 0 Å². The summed E-state index contributed by atoms with van der Waals surface area (Å²) in [6.07, 6.45) is 5.41. The van der Waals surface area contributed by atoms with Crippen LogP contribution in [0.15, 0.2) is 24.3 Å². The topological polar surface area (TPSA) is 49.3 Å². The fraction of sp³-hybridized carbons (Fsp3) is 0.438. The second kappa shape index (κ2) is 7.31. The van der Waals surface area contributed by atoms with E-state index in [9.17, 15) is 18.7 Å². The smallest absolute Gasteiger partial charge is 0.244 e. The van der Waals surface area contributed by atoms with E-state index >= 15 is 0 Å². The summed E-state index contributed by atoms with van der Waals surface area (Å²) in [6.45, 7) is 0.472. The molecule has 1 aromatic carbocycles. The standard InChI is InChI=1S/C16H19F2NO2/c17-14-5-2-6-15(18)13(14)7-8-16(21)19-10-11-3-1-4-12(20)9-11/h2,5-8,11-12,20H,1,3-4,9-10H2,(H,19,21). The molecule has 0 saturated heterocycles. The quantitative estimate of drug-likeness (QED) is 0.839. The number of hydrogen-bond acceptors (Lipinski definition) is 2. The number of hydrogen-bond donors (Lipinski definition) is 2. The zero-order valence-electron chi connectivity index (χ0n) is 11.7. The monoisotopic (exact) mass is 295 g/mol. The van der Waals surface area contributed by atoms with Crippen LogP contribution >= 0.6 is 0 Å². The molecule has 1 aliphatic rings. The van der Waals surface area contributed by atoms with Crippen LogP contribution in [0.2, 0.25) is 0 Å². The second-order valence-electron chi connectivity index (χ2n) is 5.40. The molecule has 1 saturated carbocycles. The van der Waals surface area contributed by atoms with E-state index in [0.717, 1.165) is 43.5 Å². The molecular formula is C16H19F2NO2. The van der Waals surface area contributed by atoms with Crippen LogP contribution in [0.3, 0.4) is 0 Å². The highest BCUT2D eigenvalue weighted by molar-refractivity contribution is 5.91. The van der Waals surface area contributed by atoms with Crippen LogP contribution < -0.4 is 5.32 Å². The average molecular weight is 295 g/mol. The van der Waals surface area contributed by atoms with Crippen LogP contribution in [0.5, 0.6) is 0 Å². The van der Waals surface area contributed by atoms with Gasteiger partial charge in [0.1, 0.15) is 11.6 Å². The summed E-state index contributed by atoms with van der Waals surface area (Å²) < 4.78 is 26.7. The maximum atomic E-state index is 13.4. The molecule has 21 heavy (non-hydrogen) atoms. The fourth-order valence-electron chi connectivity index (χ4n) is 2.58. The van der Waals surface area contributed by atoms with Gasteiger partial charge in [0.05, 0.1) is 6.10 Å². The Hall–Kier alpha value is -1.75. The van der Waals surface area contributed by atoms with Gasteiger partial charge >= 0.3 is 0 Å². The highest BCUT2D eigenvalue weighted by atomic mass is 19.1. The SMILES string of the molecule is O=C(C=Cc1c(F)cccc1F)NCC1CCCC(O)C1. The van der Waals surface area contributed by atoms with Crippen molar-refractivity contribution in [3.63, 3.8) is 0 Å². The maximum absolute atomic E-state index is 13.4. The molecule has 0 heterocycles. The van der Waals surface area contributed by atoms with Gasteiger partial charge in [-0.15, -0.1) is 0 Å². The van der Waals surface area contributed by atoms with Gasteiger partial charge in [0.25, 0.3) is 0 Å². The van der Waals surface area contributed by atoms with Crippen LogP contribution in [0.1, 0.15) is 31.2 Å². The second-order valence-corrected chi connectivity index (χ2v) is 5.40. The number of aliphatic hydroxyl groups is 1. The Morgan fingerprint density at radius 2 is 2.05 bits per heavy atom. The van der Waals surface area contributed by atoms with Crippen molar-refractivity contribution in [2.45, 2.75) is 31.8 Å². The molecule has 0 aliphatic heterocycles. The van der Waals surface area contributed by atoms with Crippen LogP contribution in [-0.4, -0.2) is 23.7 Å². The Balaban J connectivity index is 1.85. The normalized spacial score (nSPS) is 22.4. The molecule has 3 nitrogen and oxygen atoms in total. The Labute approximate surface area is 122 Å². The minimum atomic E-state index is -0.700. The third kappa shape index (κ3) is 4.63. The van der Waals surface area contributed by atoms with E-state index in [2.05, 4.69) is 5.32 Å². The van der Waals surface area contributed by atoms with Gasteiger partial charge in [-0.2, -0.15) is 0 Å². The van der Waals surface area contributed by atoms with E-state index in [1.807, 2.05) is 0 Å². The summed E-state index contributed by atoms with van der Waals surface area (Å²) in [5.74, 6) is -1.53. The highest BCUT2D eigenvalue weighted by Gasteiger charge is 2.20. The molecule has 0 aromatic heterocycles. The van der Waals surface area contributed by atoms with Crippen molar-refractivity contribution in [2.24, 2.45) is 5.92 Å². The largest absolute Gasteiger partial charge is 0.393 e. The molecule has 114 valence electrons. The molecule has 1 aliphatic carbocycles. The lowest BCUT2D eigenvalue weighted by molar-refractivity contribution is -0.116. The molecule has 1 aromatic rings. The Morgan fingerprint density at radius 3 is 2.71 bits per heavy atom. The van der Waals surface area contributed by atoms with Gasteiger partial charge in [0.15, 0.2) is 0 Å². The Kier molecular flexibility index (Phi) is 5.44. The number of benzene rings is 1. The van der Waals surface area contributed by atoms with Crippen molar-refractivity contribution in [3.05, 3.63) is 41.5 Å². The Morgan fingerprint density at radius 1 is 1.33 bits per heavy atom. The van der Waals surface area contributed by atoms with Crippen LogP contribution in [0.4, 0.5) is 8.78 Å². The van der Waals surface area contributed by atoms with Gasteiger partial charge in [-0.3, -0.25) is 4.79 Å². The van der Waals surface area contributed by atoms with E-state index in [1.54, 1.807) is 0 Å². The predicted octanol–water partition coefficient (Wildman–Crippen LogP) is 2.65. The molecule has 0 bridgehead atoms. The summed E-state index contributed by atoms with van der Waals surface area (Å²) in [5.41, 5.74) is -0.222. The number of aliphatic hydroxyl groups excluding tert-OH is 1. The van der Waals surface area contributed by atoms with E-state index < -0.39 is 17.5 Å². The lowest BCUT2D eigenvalue weighted by Crippen LogP contribution is -2.32. The van der Waals surface area contributed by atoms with Crippen molar-refractivity contribution in [1.82, 2.24) is 5.32 Å². The van der Waals surface area contributed by atoms with Gasteiger partial charge in [-0.1, -0.05) is 12.5 Å². The molecule has 0 radical (unpaired) electrons. The van der Waals surface area contributed by atoms with Crippen molar-refractivity contribution >= 4 is 12.0 Å². The van der Waals surface area contributed by atoms with E-state index in [-0.39, 0.29) is 17.6 Å². The van der Waals surface area contributed by atoms with Crippen LogP contribution in [0, 0.1) is 17.6 Å². The first kappa shape index (κ1) is 15.6. The summed E-state index contributed by atoms with van der Waals surface area (Å²) in [4.78, 5) is 11.7. The number of carbonyl (C=O) groups excluding carboxylic acids is 1. The third-order valence-electron chi connectivity index (χ3n) is 3.72. The van der Waals surface area contributed by atoms with Crippen molar-refractivity contribution in [2.75, 3.05) is 6.54 Å². The molecule has 2 rings (SSSR count). The summed E-state index contributed by atoms with van der Waals surface area (Å²) >= 11 is 0. The molecule has 1 fully saturated rings. The van der Waals surface area contributed by atoms with Crippen LogP contribution in [0.25, 0.3) is 6.08 Å². The van der Waals surface area contributed by atoms with Gasteiger partial charge < -0.3 is 10.4 Å². The zero-order valence-corrected chi connectivity index (χ0v) is 11.7. The molecule has 1 amide bonds. The van der Waals surface area contributed by atoms with E-state index in [0.29, 0.717) is 13.0 Å². The lowest BCUT2D eigenvalue weighted by Gasteiger charge is -2.25. The van der Waals surface area contributed by atoms with Gasteiger partial charge in [0, 0.05) is 18.2 Å². The molecule has 5 heteroatoms. The minimum absolute atomic E-state index is 0.222. The molecule has 2 unspecified atom stereocenters. The minimum Gasteiger partial charge on any atom is -0.393 e. The van der Waals surface area contributed by atoms with E-state index in [1.165, 1.54) is 6.07 Å². The maximum Gasteiger partial charge on any atom is 0.244 e. The van der Waals surface area contributed by atoms with E-state index in [4.69, 9.17) is 0 Å². The first-order valence-corrected chi connectivity index (χ1v) is 7.14. The Bertz CT molecular complexity index is 511. The van der Waals surface area contributed by atoms with Gasteiger partial charge in [-0.05, 0) is 43.4 Å². The number of nitrogens with one attached hydrogen (secondary N) is 1.